The summed E-state index contributed by atoms with van der Waals surface area (Å²) in [6.07, 6.45) is 3.46. The van der Waals surface area contributed by atoms with Gasteiger partial charge in [0.1, 0.15) is 12.6 Å². The van der Waals surface area contributed by atoms with Gasteiger partial charge in [0.25, 0.3) is 0 Å². The number of ether oxygens (including phenoxy) is 1. The van der Waals surface area contributed by atoms with E-state index in [4.69, 9.17) is 4.74 Å². The van der Waals surface area contributed by atoms with Crippen molar-refractivity contribution in [1.82, 2.24) is 9.55 Å². The molecule has 0 saturated heterocycles. The van der Waals surface area contributed by atoms with Crippen LogP contribution >= 0.6 is 0 Å². The molecule has 0 saturated carbocycles. The highest BCUT2D eigenvalue weighted by Gasteiger charge is 2.26. The number of aromatic nitrogens is 2. The van der Waals surface area contributed by atoms with Crippen LogP contribution in [-0.2, 0) is 16.1 Å². The van der Waals surface area contributed by atoms with Crippen molar-refractivity contribution < 1.29 is 19.4 Å². The molecule has 26 heavy (non-hydrogen) atoms. The van der Waals surface area contributed by atoms with Crippen molar-refractivity contribution in [3.63, 3.8) is 0 Å². The third kappa shape index (κ3) is 4.97. The van der Waals surface area contributed by atoms with Gasteiger partial charge in [0.05, 0.1) is 0 Å². The molecule has 0 spiro atoms. The highest BCUT2D eigenvalue weighted by atomic mass is 16.6. The van der Waals surface area contributed by atoms with Crippen molar-refractivity contribution in [2.75, 3.05) is 0 Å². The smallest absolute Gasteiger partial charge is 0.439 e. The molecule has 1 unspecified atom stereocenters. The van der Waals surface area contributed by atoms with Gasteiger partial charge in [-0.1, -0.05) is 37.3 Å². The number of carbonyl (C=O) groups is 1. The van der Waals surface area contributed by atoms with Gasteiger partial charge in [-0.05, 0) is 32.9 Å². The van der Waals surface area contributed by atoms with Gasteiger partial charge in [0, 0.05) is 6.08 Å². The first-order valence-electron chi connectivity index (χ1n) is 7.70. The van der Waals surface area contributed by atoms with Gasteiger partial charge < -0.3 is 25.0 Å². The van der Waals surface area contributed by atoms with Gasteiger partial charge in [-0.3, -0.25) is 0 Å². The largest absolute Gasteiger partial charge is 0.456 e. The molecule has 0 amide bonds. The summed E-state index contributed by atoms with van der Waals surface area (Å²) in [4.78, 5) is 35.4. The van der Waals surface area contributed by atoms with Crippen molar-refractivity contribution >= 4 is 23.8 Å². The van der Waals surface area contributed by atoms with E-state index in [1.807, 2.05) is 30.3 Å². The topological polar surface area (TPSA) is 130 Å². The standard InChI is InChI=1S/C16H16N4O6/c1-2-13(26-15(21)9-8-12-6-4-3-5-7-12)10-18-11-14(19(22)23)17-16(18)20(24)25/h3-9,11,13H,2,10H2,1H3/b9-8+. The number of carbonyl (C=O) groups excluding carboxylic acids is 1. The molecule has 0 aliphatic rings. The van der Waals surface area contributed by atoms with Crippen LogP contribution < -0.4 is 0 Å². The maximum Gasteiger partial charge on any atom is 0.439 e. The Balaban J connectivity index is 2.07. The molecule has 0 bridgehead atoms. The molecule has 0 fully saturated rings. The minimum atomic E-state index is -0.823. The van der Waals surface area contributed by atoms with Crippen molar-refractivity contribution in [1.29, 1.82) is 0 Å². The molecular weight excluding hydrogens is 344 g/mol. The molecular formula is C16H16N4O6. The van der Waals surface area contributed by atoms with Crippen molar-refractivity contribution in [3.8, 4) is 0 Å². The van der Waals surface area contributed by atoms with Crippen LogP contribution in [0.25, 0.3) is 6.08 Å². The van der Waals surface area contributed by atoms with Crippen LogP contribution in [0.4, 0.5) is 11.8 Å². The Hall–Kier alpha value is -3.56. The Bertz CT molecular complexity index is 831. The molecule has 10 nitrogen and oxygen atoms in total. The monoisotopic (exact) mass is 360 g/mol. The lowest BCUT2D eigenvalue weighted by molar-refractivity contribution is -0.403. The second-order valence-corrected chi connectivity index (χ2v) is 5.28. The fraction of sp³-hybridized carbons (Fsp3) is 0.250. The number of hydrogen-bond donors (Lipinski definition) is 0. The quantitative estimate of drug-likeness (QED) is 0.306. The zero-order valence-electron chi connectivity index (χ0n) is 13.8. The number of esters is 1. The van der Waals surface area contributed by atoms with Crippen LogP contribution in [0.1, 0.15) is 18.9 Å². The minimum absolute atomic E-state index is 0.113. The predicted octanol–water partition coefficient (Wildman–Crippen LogP) is 2.73. The summed E-state index contributed by atoms with van der Waals surface area (Å²) in [5.41, 5.74) is 0.818. The fourth-order valence-electron chi connectivity index (χ4n) is 2.16. The summed E-state index contributed by atoms with van der Waals surface area (Å²) >= 11 is 0. The number of nitro groups is 2. The van der Waals surface area contributed by atoms with E-state index in [1.54, 1.807) is 13.0 Å². The van der Waals surface area contributed by atoms with E-state index in [1.165, 1.54) is 6.08 Å². The second kappa shape index (κ2) is 8.51. The summed E-state index contributed by atoms with van der Waals surface area (Å²) in [7, 11) is 0. The zero-order valence-corrected chi connectivity index (χ0v) is 13.8. The molecule has 0 aliphatic carbocycles. The van der Waals surface area contributed by atoms with Crippen LogP contribution in [0.2, 0.25) is 0 Å². The van der Waals surface area contributed by atoms with E-state index < -0.39 is 33.7 Å². The van der Waals surface area contributed by atoms with Crippen LogP contribution in [0.5, 0.6) is 0 Å². The number of nitrogens with zero attached hydrogens (tertiary/aromatic N) is 4. The van der Waals surface area contributed by atoms with Crippen molar-refractivity contribution in [2.45, 2.75) is 26.0 Å². The summed E-state index contributed by atoms with van der Waals surface area (Å²) in [5.74, 6) is -1.93. The summed E-state index contributed by atoms with van der Waals surface area (Å²) in [5, 5.41) is 21.7. The third-order valence-corrected chi connectivity index (χ3v) is 3.44. The molecule has 136 valence electrons. The summed E-state index contributed by atoms with van der Waals surface area (Å²) in [6.45, 7) is 1.62. The van der Waals surface area contributed by atoms with Crippen LogP contribution in [-0.4, -0.2) is 31.5 Å². The summed E-state index contributed by atoms with van der Waals surface area (Å²) in [6, 6.07) is 9.12. The Morgan fingerprint density at radius 1 is 1.27 bits per heavy atom. The first-order valence-corrected chi connectivity index (χ1v) is 7.70. The molecule has 1 aromatic carbocycles. The molecule has 1 heterocycles. The van der Waals surface area contributed by atoms with Gasteiger partial charge in [0.2, 0.25) is 0 Å². The number of rotatable bonds is 8. The van der Waals surface area contributed by atoms with E-state index >= 15 is 0 Å². The Labute approximate surface area is 148 Å². The number of benzene rings is 1. The Morgan fingerprint density at radius 2 is 1.96 bits per heavy atom. The van der Waals surface area contributed by atoms with Gasteiger partial charge >= 0.3 is 17.7 Å². The number of hydrogen-bond acceptors (Lipinski definition) is 7. The highest BCUT2D eigenvalue weighted by Crippen LogP contribution is 2.19. The Morgan fingerprint density at radius 3 is 2.54 bits per heavy atom. The molecule has 0 aliphatic heterocycles. The Kier molecular flexibility index (Phi) is 6.15. The van der Waals surface area contributed by atoms with Gasteiger partial charge in [-0.25, -0.2) is 9.36 Å². The average molecular weight is 360 g/mol. The predicted molar refractivity (Wildman–Crippen MR) is 91.2 cm³/mol. The lowest BCUT2D eigenvalue weighted by Crippen LogP contribution is -2.22. The van der Waals surface area contributed by atoms with Crippen molar-refractivity contribution in [2.24, 2.45) is 0 Å². The highest BCUT2D eigenvalue weighted by molar-refractivity contribution is 5.87. The summed E-state index contributed by atoms with van der Waals surface area (Å²) < 4.78 is 6.26. The first kappa shape index (κ1) is 18.8. The van der Waals surface area contributed by atoms with E-state index in [2.05, 4.69) is 4.98 Å². The van der Waals surface area contributed by atoms with E-state index in [-0.39, 0.29) is 6.54 Å². The lowest BCUT2D eigenvalue weighted by Gasteiger charge is -2.14. The second-order valence-electron chi connectivity index (χ2n) is 5.28. The fourth-order valence-corrected chi connectivity index (χ4v) is 2.16. The average Bonchev–Trinajstić information content (AvgIpc) is 3.04. The molecule has 1 atom stereocenters. The third-order valence-electron chi connectivity index (χ3n) is 3.44. The zero-order chi connectivity index (χ0) is 19.1. The maximum absolute atomic E-state index is 11.9. The van der Waals surface area contributed by atoms with Crippen LogP contribution in [0.3, 0.4) is 0 Å². The molecule has 10 heteroatoms. The minimum Gasteiger partial charge on any atom is -0.456 e. The van der Waals surface area contributed by atoms with Crippen LogP contribution in [0.15, 0.2) is 42.6 Å². The van der Waals surface area contributed by atoms with Gasteiger partial charge in [-0.2, -0.15) is 0 Å². The molecule has 2 aromatic rings. The lowest BCUT2D eigenvalue weighted by atomic mass is 10.2. The molecule has 0 radical (unpaired) electrons. The van der Waals surface area contributed by atoms with E-state index in [0.29, 0.717) is 6.42 Å². The van der Waals surface area contributed by atoms with E-state index in [0.717, 1.165) is 16.3 Å². The molecule has 0 N–H and O–H groups in total. The number of imidazole rings is 1. The SMILES string of the molecule is CCC(Cn1cc([N+](=O)[O-])nc1[N+](=O)[O-])OC(=O)/C=C/c1ccccc1. The molecule has 2 rings (SSSR count). The molecule has 1 aromatic heterocycles. The van der Waals surface area contributed by atoms with Gasteiger partial charge in [-0.15, -0.1) is 0 Å². The van der Waals surface area contributed by atoms with Gasteiger partial charge in [0.15, 0.2) is 6.20 Å². The van der Waals surface area contributed by atoms with E-state index in [9.17, 15) is 25.0 Å². The first-order chi connectivity index (χ1) is 12.4. The van der Waals surface area contributed by atoms with Crippen LogP contribution in [0, 0.1) is 20.2 Å². The maximum atomic E-state index is 11.9. The normalized spacial score (nSPS) is 12.0. The van der Waals surface area contributed by atoms with Crippen molar-refractivity contribution in [3.05, 3.63) is 68.4 Å².